The number of hydrogen-bond acceptors (Lipinski definition) is 8. The predicted octanol–water partition coefficient (Wildman–Crippen LogP) is -1.44. The van der Waals surface area contributed by atoms with Gasteiger partial charge in [-0.3, -0.25) is 24.0 Å². The minimum atomic E-state index is -1.70. The van der Waals surface area contributed by atoms with Crippen molar-refractivity contribution in [2.24, 2.45) is 11.5 Å². The lowest BCUT2D eigenvalue weighted by Gasteiger charge is -2.24. The zero-order valence-corrected chi connectivity index (χ0v) is 20.8. The van der Waals surface area contributed by atoms with Crippen LogP contribution < -0.4 is 27.4 Å². The van der Waals surface area contributed by atoms with Crippen LogP contribution in [0.15, 0.2) is 30.3 Å². The molecule has 0 saturated carbocycles. The average molecular weight is 538 g/mol. The quantitative estimate of drug-likeness (QED) is 0.101. The van der Waals surface area contributed by atoms with E-state index in [2.05, 4.69) is 16.0 Å². The van der Waals surface area contributed by atoms with E-state index in [0.717, 1.165) is 5.56 Å². The molecule has 0 spiro atoms. The monoisotopic (exact) mass is 537 g/mol. The van der Waals surface area contributed by atoms with Crippen molar-refractivity contribution in [3.05, 3.63) is 35.9 Å². The van der Waals surface area contributed by atoms with E-state index < -0.39 is 79.1 Å². The molecule has 0 aliphatic carbocycles. The van der Waals surface area contributed by atoms with Crippen molar-refractivity contribution >= 4 is 35.6 Å². The first-order chi connectivity index (χ1) is 17.9. The van der Waals surface area contributed by atoms with Crippen molar-refractivity contribution in [1.29, 1.82) is 0 Å². The van der Waals surface area contributed by atoms with Gasteiger partial charge < -0.3 is 42.7 Å². The maximum absolute atomic E-state index is 13.0. The van der Waals surface area contributed by atoms with Gasteiger partial charge >= 0.3 is 17.9 Å². The molecular weight excluding hydrogens is 502 g/mol. The molecule has 0 aliphatic rings. The molecule has 38 heavy (non-hydrogen) atoms. The molecule has 0 fully saturated rings. The van der Waals surface area contributed by atoms with Gasteiger partial charge in [-0.25, -0.2) is 4.79 Å². The van der Waals surface area contributed by atoms with Crippen molar-refractivity contribution in [3.8, 4) is 0 Å². The van der Waals surface area contributed by atoms with Crippen LogP contribution in [0, 0.1) is 0 Å². The highest BCUT2D eigenvalue weighted by molar-refractivity contribution is 5.95. The summed E-state index contributed by atoms with van der Waals surface area (Å²) in [4.78, 5) is 71.9. The van der Waals surface area contributed by atoms with Gasteiger partial charge in [0, 0.05) is 6.42 Å². The number of carbonyl (C=O) groups excluding carboxylic acids is 3. The molecule has 0 aliphatic heterocycles. The molecule has 0 saturated heterocycles. The minimum absolute atomic E-state index is 0.116. The molecule has 1 aromatic carbocycles. The summed E-state index contributed by atoms with van der Waals surface area (Å²) in [6.07, 6.45) is -0.647. The molecule has 0 bridgehead atoms. The van der Waals surface area contributed by atoms with Gasteiger partial charge in [0.2, 0.25) is 17.7 Å². The fourth-order valence-corrected chi connectivity index (χ4v) is 3.45. The maximum Gasteiger partial charge on any atom is 0.326 e. The molecule has 1 aromatic rings. The number of nitrogens with two attached hydrogens (primary N) is 2. The van der Waals surface area contributed by atoms with Gasteiger partial charge in [0.05, 0.1) is 12.5 Å². The first-order valence-electron chi connectivity index (χ1n) is 12.0. The predicted molar refractivity (Wildman–Crippen MR) is 134 cm³/mol. The van der Waals surface area contributed by atoms with Gasteiger partial charge in [-0.15, -0.1) is 0 Å². The Balaban J connectivity index is 2.97. The SMILES string of the molecule is NCCCCC(NC(=O)C(N)Cc1ccccc1)C(=O)NC(CC(=O)O)C(=O)NC(CCC(=O)O)C(=O)O. The molecular formula is C24H35N5O9. The number of unbranched alkanes of at least 4 members (excludes halogenated alkanes) is 1. The van der Waals surface area contributed by atoms with E-state index in [1.165, 1.54) is 0 Å². The molecule has 1 rings (SSSR count). The zero-order chi connectivity index (χ0) is 28.7. The molecule has 0 aromatic heterocycles. The lowest BCUT2D eigenvalue weighted by molar-refractivity contribution is -0.144. The summed E-state index contributed by atoms with van der Waals surface area (Å²) in [6.45, 7) is 0.326. The van der Waals surface area contributed by atoms with E-state index in [1.807, 2.05) is 0 Å². The molecule has 14 nitrogen and oxygen atoms in total. The van der Waals surface area contributed by atoms with E-state index in [9.17, 15) is 39.0 Å². The summed E-state index contributed by atoms with van der Waals surface area (Å²) in [5, 5.41) is 34.1. The molecule has 0 heterocycles. The summed E-state index contributed by atoms with van der Waals surface area (Å²) < 4.78 is 0. The Morgan fingerprint density at radius 3 is 1.87 bits per heavy atom. The summed E-state index contributed by atoms with van der Waals surface area (Å²) in [5.74, 6) is -6.92. The molecule has 3 amide bonds. The number of amides is 3. The fraction of sp³-hybridized carbons (Fsp3) is 0.500. The maximum atomic E-state index is 13.0. The Bertz CT molecular complexity index is 973. The van der Waals surface area contributed by atoms with E-state index >= 15 is 0 Å². The lowest BCUT2D eigenvalue weighted by Crippen LogP contribution is -2.57. The van der Waals surface area contributed by atoms with Gasteiger partial charge in [0.25, 0.3) is 0 Å². The van der Waals surface area contributed by atoms with Crippen LogP contribution in [0.25, 0.3) is 0 Å². The second kappa shape index (κ2) is 16.7. The minimum Gasteiger partial charge on any atom is -0.481 e. The van der Waals surface area contributed by atoms with E-state index in [-0.39, 0.29) is 12.8 Å². The number of carboxylic acid groups (broad SMARTS) is 3. The largest absolute Gasteiger partial charge is 0.481 e. The van der Waals surface area contributed by atoms with Crippen LogP contribution in [0.5, 0.6) is 0 Å². The third kappa shape index (κ3) is 12.3. The summed E-state index contributed by atoms with van der Waals surface area (Å²) in [7, 11) is 0. The van der Waals surface area contributed by atoms with Crippen molar-refractivity contribution in [2.45, 2.75) is 69.1 Å². The van der Waals surface area contributed by atoms with Crippen LogP contribution in [-0.4, -0.2) is 81.7 Å². The van der Waals surface area contributed by atoms with Crippen molar-refractivity contribution < 1.29 is 44.1 Å². The Kier molecular flexibility index (Phi) is 14.0. The average Bonchev–Trinajstić information content (AvgIpc) is 2.85. The molecule has 10 N–H and O–H groups in total. The highest BCUT2D eigenvalue weighted by Crippen LogP contribution is 2.07. The van der Waals surface area contributed by atoms with E-state index in [4.69, 9.17) is 16.6 Å². The Morgan fingerprint density at radius 1 is 0.737 bits per heavy atom. The highest BCUT2D eigenvalue weighted by Gasteiger charge is 2.31. The number of carbonyl (C=O) groups is 6. The van der Waals surface area contributed by atoms with Gasteiger partial charge in [0.1, 0.15) is 18.1 Å². The van der Waals surface area contributed by atoms with Crippen LogP contribution in [0.3, 0.4) is 0 Å². The summed E-state index contributed by atoms with van der Waals surface area (Å²) in [6, 6.07) is 3.46. The second-order valence-electron chi connectivity index (χ2n) is 8.63. The number of aliphatic carboxylic acids is 3. The smallest absolute Gasteiger partial charge is 0.326 e. The normalized spacial score (nSPS) is 13.8. The van der Waals surface area contributed by atoms with Crippen molar-refractivity contribution in [1.82, 2.24) is 16.0 Å². The number of carboxylic acids is 3. The standard InChI is InChI=1S/C24H35N5O9/c25-11-5-4-8-16(27-21(34)15(26)12-14-6-2-1-3-7-14)22(35)29-18(13-20(32)33)23(36)28-17(24(37)38)9-10-19(30)31/h1-3,6-7,15-18H,4-5,8-13,25-26H2,(H,27,34)(H,28,36)(H,29,35)(H,30,31)(H,32,33)(H,37,38). The number of nitrogens with one attached hydrogen (secondary N) is 3. The van der Waals surface area contributed by atoms with Crippen molar-refractivity contribution in [2.75, 3.05) is 6.54 Å². The fourth-order valence-electron chi connectivity index (χ4n) is 3.45. The first-order valence-corrected chi connectivity index (χ1v) is 12.0. The van der Waals surface area contributed by atoms with E-state index in [1.54, 1.807) is 30.3 Å². The number of hydrogen-bond donors (Lipinski definition) is 8. The molecule has 4 atom stereocenters. The van der Waals surface area contributed by atoms with Crippen LogP contribution in [0.2, 0.25) is 0 Å². The van der Waals surface area contributed by atoms with Crippen LogP contribution in [-0.2, 0) is 35.2 Å². The molecule has 0 radical (unpaired) electrons. The highest BCUT2D eigenvalue weighted by atomic mass is 16.4. The van der Waals surface area contributed by atoms with Crippen LogP contribution in [0.4, 0.5) is 0 Å². The summed E-state index contributed by atoms with van der Waals surface area (Å²) in [5.41, 5.74) is 12.3. The third-order valence-electron chi connectivity index (χ3n) is 5.49. The topological polar surface area (TPSA) is 251 Å². The van der Waals surface area contributed by atoms with Gasteiger partial charge in [0.15, 0.2) is 0 Å². The Labute approximate surface area is 219 Å². The number of benzene rings is 1. The van der Waals surface area contributed by atoms with Crippen LogP contribution >= 0.6 is 0 Å². The van der Waals surface area contributed by atoms with E-state index in [0.29, 0.717) is 19.4 Å². The molecule has 210 valence electrons. The molecule has 14 heteroatoms. The second-order valence-corrected chi connectivity index (χ2v) is 8.63. The third-order valence-corrected chi connectivity index (χ3v) is 5.49. The molecule has 4 unspecified atom stereocenters. The summed E-state index contributed by atoms with van der Waals surface area (Å²) >= 11 is 0. The Morgan fingerprint density at radius 2 is 1.32 bits per heavy atom. The van der Waals surface area contributed by atoms with Gasteiger partial charge in [-0.2, -0.15) is 0 Å². The van der Waals surface area contributed by atoms with Gasteiger partial charge in [-0.05, 0) is 44.2 Å². The van der Waals surface area contributed by atoms with Crippen molar-refractivity contribution in [3.63, 3.8) is 0 Å². The van der Waals surface area contributed by atoms with Gasteiger partial charge in [-0.1, -0.05) is 30.3 Å². The Hall–Kier alpha value is -4.04. The first kappa shape index (κ1) is 32.0. The number of rotatable bonds is 18. The zero-order valence-electron chi connectivity index (χ0n) is 20.8. The van der Waals surface area contributed by atoms with Crippen LogP contribution in [0.1, 0.15) is 44.1 Å². The lowest BCUT2D eigenvalue weighted by atomic mass is 10.0.